The Morgan fingerprint density at radius 3 is 2.19 bits per heavy atom. The number of carbonyl (C=O) groups is 2. The Bertz CT molecular complexity index is 655. The van der Waals surface area contributed by atoms with Gasteiger partial charge in [0.15, 0.2) is 0 Å². The van der Waals surface area contributed by atoms with Crippen molar-refractivity contribution in [1.82, 2.24) is 9.80 Å². The highest BCUT2D eigenvalue weighted by molar-refractivity contribution is 5.73. The van der Waals surface area contributed by atoms with E-state index in [0.29, 0.717) is 25.9 Å². The van der Waals surface area contributed by atoms with Gasteiger partial charge in [-0.05, 0) is 39.2 Å². The summed E-state index contributed by atoms with van der Waals surface area (Å²) in [6.07, 6.45) is 1.14. The van der Waals surface area contributed by atoms with Crippen molar-refractivity contribution in [2.75, 3.05) is 20.2 Å². The molecular formula is C21H30N2O4. The molecule has 0 aromatic heterocycles. The second-order valence-electron chi connectivity index (χ2n) is 8.54. The number of hydrogen-bond acceptors (Lipinski definition) is 5. The quantitative estimate of drug-likeness (QED) is 0.761. The lowest BCUT2D eigenvalue weighted by Crippen LogP contribution is -2.63. The van der Waals surface area contributed by atoms with Gasteiger partial charge in [-0.3, -0.25) is 9.69 Å². The number of benzene rings is 1. The van der Waals surface area contributed by atoms with Crippen LogP contribution < -0.4 is 0 Å². The molecule has 2 aliphatic heterocycles. The van der Waals surface area contributed by atoms with Crippen LogP contribution in [0.2, 0.25) is 0 Å². The molecule has 2 atom stereocenters. The highest BCUT2D eigenvalue weighted by Crippen LogP contribution is 2.35. The van der Waals surface area contributed by atoms with Crippen molar-refractivity contribution in [3.05, 3.63) is 35.9 Å². The van der Waals surface area contributed by atoms with Crippen LogP contribution in [0, 0.1) is 5.92 Å². The van der Waals surface area contributed by atoms with Gasteiger partial charge in [-0.1, -0.05) is 30.3 Å². The first-order valence-electron chi connectivity index (χ1n) is 9.62. The maximum Gasteiger partial charge on any atom is 0.410 e. The van der Waals surface area contributed by atoms with E-state index in [2.05, 4.69) is 17.0 Å². The van der Waals surface area contributed by atoms with Gasteiger partial charge in [0.1, 0.15) is 5.60 Å². The van der Waals surface area contributed by atoms with Crippen LogP contribution in [0.5, 0.6) is 0 Å². The molecule has 2 heterocycles. The van der Waals surface area contributed by atoms with E-state index in [4.69, 9.17) is 9.47 Å². The molecule has 3 rings (SSSR count). The van der Waals surface area contributed by atoms with E-state index in [9.17, 15) is 9.59 Å². The molecule has 2 bridgehead atoms. The number of piperidine rings is 1. The van der Waals surface area contributed by atoms with E-state index in [1.165, 1.54) is 12.7 Å². The second kappa shape index (κ2) is 7.89. The fraction of sp³-hybridized carbons (Fsp3) is 0.619. The van der Waals surface area contributed by atoms with Gasteiger partial charge in [-0.2, -0.15) is 0 Å². The van der Waals surface area contributed by atoms with Crippen LogP contribution in [0.1, 0.15) is 39.2 Å². The molecule has 0 saturated carbocycles. The number of carbonyl (C=O) groups excluding carboxylic acids is 2. The Balaban J connectivity index is 1.76. The molecule has 0 N–H and O–H groups in total. The first-order valence-corrected chi connectivity index (χ1v) is 9.62. The summed E-state index contributed by atoms with van der Waals surface area (Å²) in [4.78, 5) is 28.9. The SMILES string of the molecule is COC(=O)C1CC2CN(C(=O)OC(C)(C)C)CC(C1)N2Cc1ccccc1. The van der Waals surface area contributed by atoms with Crippen molar-refractivity contribution >= 4 is 12.1 Å². The van der Waals surface area contributed by atoms with Crippen LogP contribution >= 0.6 is 0 Å². The molecule has 2 fully saturated rings. The minimum Gasteiger partial charge on any atom is -0.469 e. The lowest BCUT2D eigenvalue weighted by Gasteiger charge is -2.51. The molecule has 1 amide bonds. The summed E-state index contributed by atoms with van der Waals surface area (Å²) < 4.78 is 10.6. The van der Waals surface area contributed by atoms with Gasteiger partial charge in [-0.25, -0.2) is 4.79 Å². The Hall–Kier alpha value is -2.08. The summed E-state index contributed by atoms with van der Waals surface area (Å²) >= 11 is 0. The van der Waals surface area contributed by atoms with Crippen LogP contribution in [0.15, 0.2) is 30.3 Å². The minimum atomic E-state index is -0.512. The van der Waals surface area contributed by atoms with Crippen LogP contribution in [-0.4, -0.2) is 59.7 Å². The van der Waals surface area contributed by atoms with E-state index >= 15 is 0 Å². The monoisotopic (exact) mass is 374 g/mol. The molecule has 1 aromatic carbocycles. The van der Waals surface area contributed by atoms with Crippen molar-refractivity contribution < 1.29 is 19.1 Å². The Labute approximate surface area is 161 Å². The zero-order valence-corrected chi connectivity index (χ0v) is 16.7. The zero-order valence-electron chi connectivity index (χ0n) is 16.7. The summed E-state index contributed by atoms with van der Waals surface area (Å²) in [6.45, 7) is 7.61. The predicted octanol–water partition coefficient (Wildman–Crippen LogP) is 3.06. The highest BCUT2D eigenvalue weighted by atomic mass is 16.6. The zero-order chi connectivity index (χ0) is 19.6. The van der Waals surface area contributed by atoms with Gasteiger partial charge in [0.25, 0.3) is 0 Å². The number of amides is 1. The summed E-state index contributed by atoms with van der Waals surface area (Å²) in [5.74, 6) is -0.243. The molecule has 0 radical (unpaired) electrons. The van der Waals surface area contributed by atoms with Gasteiger partial charge >= 0.3 is 12.1 Å². The summed E-state index contributed by atoms with van der Waals surface area (Å²) in [6, 6.07) is 10.6. The van der Waals surface area contributed by atoms with Crippen LogP contribution in [0.25, 0.3) is 0 Å². The number of methoxy groups -OCH3 is 1. The topological polar surface area (TPSA) is 59.1 Å². The Morgan fingerprint density at radius 1 is 1.07 bits per heavy atom. The van der Waals surface area contributed by atoms with E-state index in [1.54, 1.807) is 4.90 Å². The number of ether oxygens (including phenoxy) is 2. The molecule has 2 unspecified atom stereocenters. The van der Waals surface area contributed by atoms with Crippen LogP contribution in [0.3, 0.4) is 0 Å². The molecule has 0 aliphatic carbocycles. The molecule has 1 aromatic rings. The molecule has 2 saturated heterocycles. The fourth-order valence-corrected chi connectivity index (χ4v) is 4.15. The normalized spacial score (nSPS) is 25.8. The van der Waals surface area contributed by atoms with Crippen molar-refractivity contribution in [3.63, 3.8) is 0 Å². The van der Waals surface area contributed by atoms with Crippen LogP contribution in [-0.2, 0) is 20.8 Å². The Kier molecular flexibility index (Phi) is 5.75. The first kappa shape index (κ1) is 19.7. The summed E-state index contributed by atoms with van der Waals surface area (Å²) in [5, 5.41) is 0. The second-order valence-corrected chi connectivity index (χ2v) is 8.54. The molecular weight excluding hydrogens is 344 g/mol. The molecule has 2 aliphatic rings. The number of esters is 1. The first-order chi connectivity index (χ1) is 12.8. The smallest absolute Gasteiger partial charge is 0.410 e. The standard InChI is InChI=1S/C21H30N2O4/c1-21(2,3)27-20(25)22-13-17-10-16(19(24)26-4)11-18(14-22)23(17)12-15-8-6-5-7-9-15/h5-9,16-18H,10-14H2,1-4H3. The van der Waals surface area contributed by atoms with Gasteiger partial charge in [-0.15, -0.1) is 0 Å². The molecule has 0 spiro atoms. The molecule has 27 heavy (non-hydrogen) atoms. The largest absolute Gasteiger partial charge is 0.469 e. The number of fused-ring (bicyclic) bond motifs is 2. The van der Waals surface area contributed by atoms with E-state index < -0.39 is 5.60 Å². The van der Waals surface area contributed by atoms with E-state index in [-0.39, 0.29) is 30.1 Å². The maximum absolute atomic E-state index is 12.6. The van der Waals surface area contributed by atoms with Gasteiger partial charge in [0, 0.05) is 31.7 Å². The summed E-state index contributed by atoms with van der Waals surface area (Å²) in [7, 11) is 1.45. The summed E-state index contributed by atoms with van der Waals surface area (Å²) in [5.41, 5.74) is 0.733. The lowest BCUT2D eigenvalue weighted by molar-refractivity contribution is -0.150. The Morgan fingerprint density at radius 2 is 1.67 bits per heavy atom. The number of likely N-dealkylation sites (tertiary alicyclic amines) is 1. The van der Waals surface area contributed by atoms with Crippen molar-refractivity contribution in [2.24, 2.45) is 5.92 Å². The van der Waals surface area contributed by atoms with Gasteiger partial charge in [0.2, 0.25) is 0 Å². The number of rotatable bonds is 3. The van der Waals surface area contributed by atoms with Crippen molar-refractivity contribution in [1.29, 1.82) is 0 Å². The lowest BCUT2D eigenvalue weighted by atomic mass is 9.82. The van der Waals surface area contributed by atoms with Crippen molar-refractivity contribution in [2.45, 2.75) is 57.8 Å². The predicted molar refractivity (Wildman–Crippen MR) is 102 cm³/mol. The third-order valence-electron chi connectivity index (χ3n) is 5.31. The average Bonchev–Trinajstić information content (AvgIpc) is 2.60. The minimum absolute atomic E-state index is 0.0993. The third kappa shape index (κ3) is 4.80. The fourth-order valence-electron chi connectivity index (χ4n) is 4.15. The third-order valence-corrected chi connectivity index (χ3v) is 5.31. The van der Waals surface area contributed by atoms with Crippen molar-refractivity contribution in [3.8, 4) is 0 Å². The average molecular weight is 374 g/mol. The molecule has 6 nitrogen and oxygen atoms in total. The maximum atomic E-state index is 12.6. The number of piperazine rings is 1. The molecule has 6 heteroatoms. The molecule has 148 valence electrons. The van der Waals surface area contributed by atoms with Gasteiger partial charge < -0.3 is 14.4 Å². The number of hydrogen-bond donors (Lipinski definition) is 0. The van der Waals surface area contributed by atoms with E-state index in [1.807, 2.05) is 39.0 Å². The van der Waals surface area contributed by atoms with E-state index in [0.717, 1.165) is 6.54 Å². The van der Waals surface area contributed by atoms with Crippen LogP contribution in [0.4, 0.5) is 4.79 Å². The highest BCUT2D eigenvalue weighted by Gasteiger charge is 2.45. The number of nitrogens with zero attached hydrogens (tertiary/aromatic N) is 2. The van der Waals surface area contributed by atoms with Gasteiger partial charge in [0.05, 0.1) is 13.0 Å².